The number of benzene rings is 1. The average molecular weight is 356 g/mol. The number of hydrogen-bond donors (Lipinski definition) is 0. The molecule has 1 fully saturated rings. The third-order valence-corrected chi connectivity index (χ3v) is 4.92. The summed E-state index contributed by atoms with van der Waals surface area (Å²) in [5.74, 6) is 0.00419. The Morgan fingerprint density at radius 1 is 1.27 bits per heavy atom. The van der Waals surface area contributed by atoms with Gasteiger partial charge in [0.25, 0.3) is 0 Å². The van der Waals surface area contributed by atoms with E-state index in [1.54, 1.807) is 24.5 Å². The third-order valence-electron chi connectivity index (χ3n) is 4.92. The van der Waals surface area contributed by atoms with Crippen LogP contribution >= 0.6 is 0 Å². The molecule has 1 atom stereocenters. The van der Waals surface area contributed by atoms with Crippen LogP contribution in [0.25, 0.3) is 11.0 Å². The zero-order valence-corrected chi connectivity index (χ0v) is 14.6. The Bertz CT molecular complexity index is 862. The molecule has 0 bridgehead atoms. The highest BCUT2D eigenvalue weighted by Gasteiger charge is 2.29. The number of likely N-dealkylation sites (tertiary alicyclic amines) is 1. The maximum Gasteiger partial charge on any atom is 0.317 e. The molecule has 0 saturated carbocycles. The van der Waals surface area contributed by atoms with E-state index < -0.39 is 0 Å². The van der Waals surface area contributed by atoms with Crippen LogP contribution in [0.15, 0.2) is 41.2 Å². The van der Waals surface area contributed by atoms with Crippen LogP contribution in [0.3, 0.4) is 0 Å². The SMILES string of the molecule is CCC(Oc1ncccn1)N1CCC(c2noc3cc(F)ccc23)CC1. The molecule has 2 aromatic heterocycles. The molecule has 1 unspecified atom stereocenters. The summed E-state index contributed by atoms with van der Waals surface area (Å²) in [6.07, 6.45) is 6.08. The fourth-order valence-corrected chi connectivity index (χ4v) is 3.57. The van der Waals surface area contributed by atoms with E-state index >= 15 is 0 Å². The van der Waals surface area contributed by atoms with E-state index in [2.05, 4.69) is 26.9 Å². The highest BCUT2D eigenvalue weighted by Crippen LogP contribution is 2.33. The molecule has 0 radical (unpaired) electrons. The minimum Gasteiger partial charge on any atom is -0.444 e. The molecule has 1 saturated heterocycles. The van der Waals surface area contributed by atoms with Crippen molar-refractivity contribution >= 4 is 11.0 Å². The van der Waals surface area contributed by atoms with Crippen LogP contribution in [0.5, 0.6) is 6.01 Å². The first-order valence-corrected chi connectivity index (χ1v) is 8.97. The van der Waals surface area contributed by atoms with E-state index in [0.29, 0.717) is 17.5 Å². The van der Waals surface area contributed by atoms with Crippen LogP contribution < -0.4 is 4.74 Å². The molecule has 0 aliphatic carbocycles. The molecule has 3 aromatic rings. The molecular formula is C19H21FN4O2. The van der Waals surface area contributed by atoms with Crippen molar-refractivity contribution in [1.82, 2.24) is 20.0 Å². The lowest BCUT2D eigenvalue weighted by atomic mass is 9.91. The van der Waals surface area contributed by atoms with Crippen molar-refractivity contribution in [3.8, 4) is 6.01 Å². The average Bonchev–Trinajstić information content (AvgIpc) is 3.10. The standard InChI is InChI=1S/C19H21FN4O2/c1-2-17(25-19-21-8-3-9-22-19)24-10-6-13(7-11-24)18-15-5-4-14(20)12-16(15)26-23-18/h3-5,8-9,12-13,17H,2,6-7,10-11H2,1H3. The number of rotatable bonds is 5. The number of nitrogens with zero attached hydrogens (tertiary/aromatic N) is 4. The van der Waals surface area contributed by atoms with E-state index in [4.69, 9.17) is 9.26 Å². The zero-order chi connectivity index (χ0) is 17.9. The minimum absolute atomic E-state index is 0.0403. The number of piperidine rings is 1. The van der Waals surface area contributed by atoms with Crippen molar-refractivity contribution < 1.29 is 13.7 Å². The number of ether oxygens (including phenoxy) is 1. The molecule has 0 amide bonds. The van der Waals surface area contributed by atoms with Gasteiger partial charge in [-0.3, -0.25) is 4.90 Å². The van der Waals surface area contributed by atoms with Gasteiger partial charge >= 0.3 is 6.01 Å². The van der Waals surface area contributed by atoms with Gasteiger partial charge in [0.15, 0.2) is 11.8 Å². The second-order valence-electron chi connectivity index (χ2n) is 6.53. The van der Waals surface area contributed by atoms with Crippen LogP contribution in [0, 0.1) is 5.82 Å². The largest absolute Gasteiger partial charge is 0.444 e. The predicted octanol–water partition coefficient (Wildman–Crippen LogP) is 3.75. The normalized spacial score (nSPS) is 17.5. The van der Waals surface area contributed by atoms with Crippen LogP contribution in [0.1, 0.15) is 37.8 Å². The van der Waals surface area contributed by atoms with Gasteiger partial charge in [0.1, 0.15) is 5.82 Å². The van der Waals surface area contributed by atoms with E-state index in [0.717, 1.165) is 43.4 Å². The molecule has 1 aromatic carbocycles. The fraction of sp³-hybridized carbons (Fsp3) is 0.421. The summed E-state index contributed by atoms with van der Waals surface area (Å²) in [6.45, 7) is 3.89. The Balaban J connectivity index is 1.42. The van der Waals surface area contributed by atoms with E-state index in [-0.39, 0.29) is 12.0 Å². The first-order chi connectivity index (χ1) is 12.7. The van der Waals surface area contributed by atoms with Crippen molar-refractivity contribution in [3.63, 3.8) is 0 Å². The summed E-state index contributed by atoms with van der Waals surface area (Å²) >= 11 is 0. The summed E-state index contributed by atoms with van der Waals surface area (Å²) in [5.41, 5.74) is 1.44. The maximum atomic E-state index is 13.3. The van der Waals surface area contributed by atoms with Gasteiger partial charge in [0.2, 0.25) is 0 Å². The van der Waals surface area contributed by atoms with Crippen molar-refractivity contribution in [1.29, 1.82) is 0 Å². The van der Waals surface area contributed by atoms with Gasteiger partial charge in [-0.05, 0) is 37.5 Å². The van der Waals surface area contributed by atoms with Crippen molar-refractivity contribution in [2.75, 3.05) is 13.1 Å². The van der Waals surface area contributed by atoms with Crippen LogP contribution in [-0.4, -0.2) is 39.3 Å². The lowest BCUT2D eigenvalue weighted by Gasteiger charge is -2.36. The van der Waals surface area contributed by atoms with Gasteiger partial charge in [-0.25, -0.2) is 14.4 Å². The molecule has 6 nitrogen and oxygen atoms in total. The Labute approximate surface area is 151 Å². The fourth-order valence-electron chi connectivity index (χ4n) is 3.57. The Morgan fingerprint density at radius 2 is 2.04 bits per heavy atom. The molecular weight excluding hydrogens is 335 g/mol. The molecule has 4 rings (SSSR count). The van der Waals surface area contributed by atoms with Gasteiger partial charge in [-0.2, -0.15) is 0 Å². The summed E-state index contributed by atoms with van der Waals surface area (Å²) in [5, 5.41) is 5.11. The second kappa shape index (κ2) is 7.37. The van der Waals surface area contributed by atoms with Crippen molar-refractivity contribution in [3.05, 3.63) is 48.2 Å². The lowest BCUT2D eigenvalue weighted by Crippen LogP contribution is -2.44. The summed E-state index contributed by atoms with van der Waals surface area (Å²) in [7, 11) is 0. The van der Waals surface area contributed by atoms with Crippen LogP contribution in [0.2, 0.25) is 0 Å². The minimum atomic E-state index is -0.305. The van der Waals surface area contributed by atoms with Gasteiger partial charge in [-0.15, -0.1) is 0 Å². The smallest absolute Gasteiger partial charge is 0.317 e. The molecule has 1 aliphatic rings. The lowest BCUT2D eigenvalue weighted by molar-refractivity contribution is -0.000294. The number of halogens is 1. The molecule has 0 N–H and O–H groups in total. The third kappa shape index (κ3) is 3.39. The molecule has 1 aliphatic heterocycles. The van der Waals surface area contributed by atoms with Crippen LogP contribution in [-0.2, 0) is 0 Å². The zero-order valence-electron chi connectivity index (χ0n) is 14.6. The molecule has 136 valence electrons. The first-order valence-electron chi connectivity index (χ1n) is 8.97. The highest BCUT2D eigenvalue weighted by molar-refractivity contribution is 5.79. The molecule has 26 heavy (non-hydrogen) atoms. The van der Waals surface area contributed by atoms with Gasteiger partial charge in [0.05, 0.1) is 5.69 Å². The quantitative estimate of drug-likeness (QED) is 0.694. The predicted molar refractivity (Wildman–Crippen MR) is 94.3 cm³/mol. The van der Waals surface area contributed by atoms with Gasteiger partial charge in [0, 0.05) is 42.9 Å². The first kappa shape index (κ1) is 16.9. The molecule has 0 spiro atoms. The number of aromatic nitrogens is 3. The topological polar surface area (TPSA) is 64.3 Å². The Kier molecular flexibility index (Phi) is 4.79. The van der Waals surface area contributed by atoms with E-state index in [1.807, 2.05) is 0 Å². The van der Waals surface area contributed by atoms with E-state index in [1.165, 1.54) is 12.1 Å². The second-order valence-corrected chi connectivity index (χ2v) is 6.53. The highest BCUT2D eigenvalue weighted by atomic mass is 19.1. The van der Waals surface area contributed by atoms with Gasteiger partial charge in [-0.1, -0.05) is 12.1 Å². The Morgan fingerprint density at radius 3 is 2.77 bits per heavy atom. The van der Waals surface area contributed by atoms with Crippen molar-refractivity contribution in [2.24, 2.45) is 0 Å². The maximum absolute atomic E-state index is 13.3. The van der Waals surface area contributed by atoms with E-state index in [9.17, 15) is 4.39 Å². The summed E-state index contributed by atoms with van der Waals surface area (Å²) in [6, 6.07) is 6.79. The molecule has 3 heterocycles. The van der Waals surface area contributed by atoms with Gasteiger partial charge < -0.3 is 9.26 Å². The number of hydrogen-bond acceptors (Lipinski definition) is 6. The van der Waals surface area contributed by atoms with Crippen molar-refractivity contribution in [2.45, 2.75) is 38.3 Å². The number of fused-ring (bicyclic) bond motifs is 1. The molecule has 7 heteroatoms. The monoisotopic (exact) mass is 356 g/mol. The summed E-state index contributed by atoms with van der Waals surface area (Å²) in [4.78, 5) is 10.6. The summed E-state index contributed by atoms with van der Waals surface area (Å²) < 4.78 is 24.6. The van der Waals surface area contributed by atoms with Crippen LogP contribution in [0.4, 0.5) is 4.39 Å². The Hall–Kier alpha value is -2.54.